The maximum absolute atomic E-state index is 12.2. The van der Waals surface area contributed by atoms with E-state index in [1.165, 1.54) is 0 Å². The van der Waals surface area contributed by atoms with Crippen LogP contribution in [0, 0.1) is 6.92 Å². The molecular formula is C17H26N2O3S. The standard InChI is InChI=1S/C17H26N2O3S/c1-13-7-4-5-8-16(13)22-11-6-9-18-17(20)19-10-12-23(21)15(3)14(19)2/h4-5,7-8,14-15H,6,9-12H2,1-3H3,(H,18,20). The molecule has 0 aliphatic carbocycles. The van der Waals surface area contributed by atoms with Crippen LogP contribution in [0.25, 0.3) is 0 Å². The van der Waals surface area contributed by atoms with Gasteiger partial charge in [-0.25, -0.2) is 4.79 Å². The predicted molar refractivity (Wildman–Crippen MR) is 93.3 cm³/mol. The lowest BCUT2D eigenvalue weighted by atomic mass is 10.2. The van der Waals surface area contributed by atoms with Crippen LogP contribution in [-0.4, -0.2) is 51.9 Å². The van der Waals surface area contributed by atoms with Crippen molar-refractivity contribution in [1.82, 2.24) is 10.2 Å². The number of urea groups is 1. The first-order chi connectivity index (χ1) is 11.0. The van der Waals surface area contributed by atoms with Crippen molar-refractivity contribution in [2.45, 2.75) is 38.5 Å². The minimum atomic E-state index is -0.826. The Morgan fingerprint density at radius 2 is 2.13 bits per heavy atom. The number of amides is 2. The summed E-state index contributed by atoms with van der Waals surface area (Å²) in [6.45, 7) is 7.62. The fourth-order valence-electron chi connectivity index (χ4n) is 2.61. The first kappa shape index (κ1) is 17.8. The third-order valence-corrected chi connectivity index (χ3v) is 6.14. The van der Waals surface area contributed by atoms with Gasteiger partial charge in [0.2, 0.25) is 0 Å². The number of hydrogen-bond acceptors (Lipinski definition) is 3. The summed E-state index contributed by atoms with van der Waals surface area (Å²) in [5.41, 5.74) is 1.11. The number of carbonyl (C=O) groups excluding carboxylic acids is 1. The average Bonchev–Trinajstić information content (AvgIpc) is 2.54. The van der Waals surface area contributed by atoms with Crippen molar-refractivity contribution in [2.24, 2.45) is 0 Å². The highest BCUT2D eigenvalue weighted by atomic mass is 32.2. The van der Waals surface area contributed by atoms with Gasteiger partial charge in [0.15, 0.2) is 0 Å². The predicted octanol–water partition coefficient (Wildman–Crippen LogP) is 2.31. The number of hydrogen-bond donors (Lipinski definition) is 1. The van der Waals surface area contributed by atoms with Gasteiger partial charge < -0.3 is 15.0 Å². The summed E-state index contributed by atoms with van der Waals surface area (Å²) >= 11 is 0. The lowest BCUT2D eigenvalue weighted by Crippen LogP contribution is -2.55. The average molecular weight is 338 g/mol. The van der Waals surface area contributed by atoms with Crippen LogP contribution in [-0.2, 0) is 10.8 Å². The molecule has 5 nitrogen and oxygen atoms in total. The fraction of sp³-hybridized carbons (Fsp3) is 0.588. The molecule has 128 valence electrons. The molecule has 1 N–H and O–H groups in total. The van der Waals surface area contributed by atoms with Gasteiger partial charge in [-0.3, -0.25) is 4.21 Å². The molecular weight excluding hydrogens is 312 g/mol. The van der Waals surface area contributed by atoms with Crippen LogP contribution in [0.4, 0.5) is 4.79 Å². The zero-order valence-electron chi connectivity index (χ0n) is 14.1. The SMILES string of the molecule is Cc1ccccc1OCCCNC(=O)N1CCS(=O)C(C)C1C. The molecule has 1 fully saturated rings. The van der Waals surface area contributed by atoms with Crippen LogP contribution >= 0.6 is 0 Å². The van der Waals surface area contributed by atoms with Gasteiger partial charge in [0.1, 0.15) is 5.75 Å². The Morgan fingerprint density at radius 1 is 1.39 bits per heavy atom. The third kappa shape index (κ3) is 4.70. The number of benzene rings is 1. The van der Waals surface area contributed by atoms with Gasteiger partial charge in [-0.1, -0.05) is 18.2 Å². The van der Waals surface area contributed by atoms with E-state index in [0.717, 1.165) is 17.7 Å². The highest BCUT2D eigenvalue weighted by Crippen LogP contribution is 2.17. The van der Waals surface area contributed by atoms with Crippen molar-refractivity contribution in [3.63, 3.8) is 0 Å². The number of nitrogens with zero attached hydrogens (tertiary/aromatic N) is 1. The molecule has 1 aliphatic rings. The second-order valence-electron chi connectivity index (χ2n) is 5.92. The number of carbonyl (C=O) groups is 1. The molecule has 0 aromatic heterocycles. The molecule has 2 rings (SSSR count). The molecule has 1 heterocycles. The van der Waals surface area contributed by atoms with Crippen LogP contribution in [0.15, 0.2) is 24.3 Å². The second kappa shape index (κ2) is 8.34. The molecule has 0 bridgehead atoms. The van der Waals surface area contributed by atoms with Gasteiger partial charge in [0.05, 0.1) is 11.9 Å². The minimum Gasteiger partial charge on any atom is -0.493 e. The molecule has 1 aromatic rings. The van der Waals surface area contributed by atoms with E-state index in [1.54, 1.807) is 4.90 Å². The molecule has 1 aromatic carbocycles. The maximum Gasteiger partial charge on any atom is 0.317 e. The Balaban J connectivity index is 1.69. The molecule has 0 spiro atoms. The van der Waals surface area contributed by atoms with E-state index in [9.17, 15) is 9.00 Å². The second-order valence-corrected chi connectivity index (χ2v) is 7.84. The van der Waals surface area contributed by atoms with Gasteiger partial charge in [0, 0.05) is 35.7 Å². The molecule has 0 saturated carbocycles. The summed E-state index contributed by atoms with van der Waals surface area (Å²) in [6.07, 6.45) is 0.754. The van der Waals surface area contributed by atoms with Crippen LogP contribution < -0.4 is 10.1 Å². The lowest BCUT2D eigenvalue weighted by Gasteiger charge is -2.37. The maximum atomic E-state index is 12.2. The lowest BCUT2D eigenvalue weighted by molar-refractivity contribution is 0.178. The van der Waals surface area contributed by atoms with E-state index >= 15 is 0 Å². The van der Waals surface area contributed by atoms with Crippen LogP contribution in [0.2, 0.25) is 0 Å². The van der Waals surface area contributed by atoms with E-state index in [1.807, 2.05) is 45.0 Å². The van der Waals surface area contributed by atoms with Crippen molar-refractivity contribution in [3.8, 4) is 5.75 Å². The quantitative estimate of drug-likeness (QED) is 0.838. The third-order valence-electron chi connectivity index (χ3n) is 4.33. The number of aryl methyl sites for hydroxylation is 1. The zero-order chi connectivity index (χ0) is 16.8. The van der Waals surface area contributed by atoms with Crippen molar-refractivity contribution >= 4 is 16.8 Å². The number of rotatable bonds is 5. The smallest absolute Gasteiger partial charge is 0.317 e. The van der Waals surface area contributed by atoms with E-state index in [-0.39, 0.29) is 17.3 Å². The Bertz CT molecular complexity index is 565. The largest absolute Gasteiger partial charge is 0.493 e. The number of ether oxygens (including phenoxy) is 1. The van der Waals surface area contributed by atoms with Crippen LogP contribution in [0.5, 0.6) is 5.75 Å². The zero-order valence-corrected chi connectivity index (χ0v) is 14.9. The van der Waals surface area contributed by atoms with Gasteiger partial charge >= 0.3 is 6.03 Å². The minimum absolute atomic E-state index is 0.00722. The van der Waals surface area contributed by atoms with Crippen molar-refractivity contribution in [1.29, 1.82) is 0 Å². The summed E-state index contributed by atoms with van der Waals surface area (Å²) in [7, 11) is -0.826. The first-order valence-electron chi connectivity index (χ1n) is 8.10. The van der Waals surface area contributed by atoms with Gasteiger partial charge in [-0.15, -0.1) is 0 Å². The van der Waals surface area contributed by atoms with Gasteiger partial charge in [-0.05, 0) is 38.8 Å². The Hall–Kier alpha value is -1.56. The number of para-hydroxylation sites is 1. The van der Waals surface area contributed by atoms with Crippen molar-refractivity contribution in [3.05, 3.63) is 29.8 Å². The van der Waals surface area contributed by atoms with E-state index in [4.69, 9.17) is 4.74 Å². The summed E-state index contributed by atoms with van der Waals surface area (Å²) in [4.78, 5) is 14.0. The van der Waals surface area contributed by atoms with E-state index in [0.29, 0.717) is 25.4 Å². The Morgan fingerprint density at radius 3 is 2.87 bits per heavy atom. The highest BCUT2D eigenvalue weighted by Gasteiger charge is 2.32. The molecule has 3 unspecified atom stereocenters. The monoisotopic (exact) mass is 338 g/mol. The molecule has 6 heteroatoms. The van der Waals surface area contributed by atoms with Crippen molar-refractivity contribution in [2.75, 3.05) is 25.4 Å². The first-order valence-corrected chi connectivity index (χ1v) is 9.49. The fourth-order valence-corrected chi connectivity index (χ4v) is 3.94. The molecule has 0 radical (unpaired) electrons. The summed E-state index contributed by atoms with van der Waals surface area (Å²) in [5, 5.41) is 2.95. The normalized spacial score (nSPS) is 24.3. The number of nitrogens with one attached hydrogen (secondary N) is 1. The van der Waals surface area contributed by atoms with E-state index < -0.39 is 10.8 Å². The summed E-state index contributed by atoms with van der Waals surface area (Å²) < 4.78 is 17.5. The summed E-state index contributed by atoms with van der Waals surface area (Å²) in [6, 6.07) is 7.83. The topological polar surface area (TPSA) is 58.6 Å². The molecule has 1 saturated heterocycles. The molecule has 23 heavy (non-hydrogen) atoms. The van der Waals surface area contributed by atoms with E-state index in [2.05, 4.69) is 5.32 Å². The van der Waals surface area contributed by atoms with Gasteiger partial charge in [-0.2, -0.15) is 0 Å². The molecule has 3 atom stereocenters. The molecule has 1 aliphatic heterocycles. The Labute approximate surface area is 140 Å². The Kier molecular flexibility index (Phi) is 6.45. The highest BCUT2D eigenvalue weighted by molar-refractivity contribution is 7.85. The van der Waals surface area contributed by atoms with Crippen LogP contribution in [0.1, 0.15) is 25.8 Å². The summed E-state index contributed by atoms with van der Waals surface area (Å²) in [5.74, 6) is 1.45. The van der Waals surface area contributed by atoms with Gasteiger partial charge in [0.25, 0.3) is 0 Å². The van der Waals surface area contributed by atoms with Crippen molar-refractivity contribution < 1.29 is 13.7 Å². The van der Waals surface area contributed by atoms with Crippen LogP contribution in [0.3, 0.4) is 0 Å². The molecule has 2 amide bonds.